The molecule has 0 radical (unpaired) electrons. The Kier molecular flexibility index (Phi) is 5.26. The summed E-state index contributed by atoms with van der Waals surface area (Å²) < 4.78 is 22.9. The minimum atomic E-state index is -3.20. The number of hydrogen-bond acceptors (Lipinski definition) is 4. The molecule has 2 rings (SSSR count). The van der Waals surface area contributed by atoms with Crippen LogP contribution >= 0.6 is 11.3 Å². The highest BCUT2D eigenvalue weighted by Crippen LogP contribution is 2.23. The lowest BCUT2D eigenvalue weighted by Crippen LogP contribution is -2.25. The average molecular weight is 351 g/mol. The van der Waals surface area contributed by atoms with Crippen molar-refractivity contribution in [2.75, 3.05) is 6.26 Å². The molecule has 1 N–H and O–H groups in total. The quantitative estimate of drug-likeness (QED) is 0.896. The van der Waals surface area contributed by atoms with Gasteiger partial charge in [0, 0.05) is 11.1 Å². The summed E-state index contributed by atoms with van der Waals surface area (Å²) in [6.45, 7) is 5.98. The van der Waals surface area contributed by atoms with Crippen molar-refractivity contribution in [2.45, 2.75) is 38.1 Å². The van der Waals surface area contributed by atoms with Crippen molar-refractivity contribution in [3.8, 4) is 0 Å². The molecule has 1 aromatic heterocycles. The molecule has 2 aromatic rings. The highest BCUT2D eigenvalue weighted by atomic mass is 32.2. The van der Waals surface area contributed by atoms with Gasteiger partial charge in [0.25, 0.3) is 5.91 Å². The molecule has 1 heterocycles. The molecule has 0 spiro atoms. The Hall–Kier alpha value is -1.66. The summed E-state index contributed by atoms with van der Waals surface area (Å²) in [5.74, 6) is -0.0995. The number of sulfone groups is 1. The van der Waals surface area contributed by atoms with Crippen molar-refractivity contribution in [3.63, 3.8) is 0 Å². The van der Waals surface area contributed by atoms with E-state index in [0.717, 1.165) is 12.0 Å². The van der Waals surface area contributed by atoms with Crippen LogP contribution in [-0.4, -0.2) is 20.6 Å². The minimum absolute atomic E-state index is 0.0995. The second-order valence-corrected chi connectivity index (χ2v) is 8.85. The summed E-state index contributed by atoms with van der Waals surface area (Å²) in [5.41, 5.74) is 2.07. The van der Waals surface area contributed by atoms with Gasteiger partial charge in [0.2, 0.25) is 0 Å². The molecule has 6 heteroatoms. The number of carbonyl (C=O) groups excluding carboxylic acids is 1. The molecule has 4 nitrogen and oxygen atoms in total. The van der Waals surface area contributed by atoms with E-state index >= 15 is 0 Å². The number of hydrogen-bond donors (Lipinski definition) is 1. The lowest BCUT2D eigenvalue weighted by Gasteiger charge is -2.14. The van der Waals surface area contributed by atoms with E-state index in [4.69, 9.17) is 0 Å². The van der Waals surface area contributed by atoms with Crippen molar-refractivity contribution in [1.82, 2.24) is 5.32 Å². The van der Waals surface area contributed by atoms with Crippen molar-refractivity contribution in [3.05, 3.63) is 51.2 Å². The van der Waals surface area contributed by atoms with Gasteiger partial charge in [0.15, 0.2) is 9.84 Å². The highest BCUT2D eigenvalue weighted by molar-refractivity contribution is 7.90. The zero-order valence-electron chi connectivity index (χ0n) is 13.7. The molecule has 0 bridgehead atoms. The maximum Gasteiger partial charge on any atom is 0.261 e. The van der Waals surface area contributed by atoms with Crippen molar-refractivity contribution < 1.29 is 13.2 Å². The fourth-order valence-corrected chi connectivity index (χ4v) is 3.99. The molecule has 0 fully saturated rings. The molecule has 0 aliphatic rings. The van der Waals surface area contributed by atoms with Crippen molar-refractivity contribution >= 4 is 27.1 Å². The van der Waals surface area contributed by atoms with Crippen LogP contribution in [0.3, 0.4) is 0 Å². The van der Waals surface area contributed by atoms with Gasteiger partial charge in [0.05, 0.1) is 15.8 Å². The summed E-state index contributed by atoms with van der Waals surface area (Å²) in [7, 11) is -3.20. The standard InChI is InChI=1S/C17H21NO3S2/c1-5-13-10-16(22-12(13)3)17(19)18-11(2)14-6-8-15(9-7-14)23(4,20)21/h6-11H,5H2,1-4H3,(H,18,19)/t11-/m1/s1. The summed E-state index contributed by atoms with van der Waals surface area (Å²) >= 11 is 1.50. The maximum absolute atomic E-state index is 12.3. The SMILES string of the molecule is CCc1cc(C(=O)N[C@H](C)c2ccc(S(C)(=O)=O)cc2)sc1C. The number of carbonyl (C=O) groups is 1. The first-order valence-corrected chi connectivity index (χ1v) is 10.1. The molecule has 124 valence electrons. The molecular weight excluding hydrogens is 330 g/mol. The number of aryl methyl sites for hydroxylation is 2. The lowest BCUT2D eigenvalue weighted by atomic mass is 10.1. The molecule has 1 aromatic carbocycles. The lowest BCUT2D eigenvalue weighted by molar-refractivity contribution is 0.0944. The predicted octanol–water partition coefficient (Wildman–Crippen LogP) is 3.51. The van der Waals surface area contributed by atoms with Gasteiger partial charge < -0.3 is 5.32 Å². The van der Waals surface area contributed by atoms with E-state index < -0.39 is 9.84 Å². The Morgan fingerprint density at radius 2 is 1.87 bits per heavy atom. The van der Waals surface area contributed by atoms with Crippen LogP contribution in [0, 0.1) is 6.92 Å². The number of nitrogens with one attached hydrogen (secondary N) is 1. The second kappa shape index (κ2) is 6.84. The maximum atomic E-state index is 12.3. The van der Waals surface area contributed by atoms with Gasteiger partial charge in [-0.2, -0.15) is 0 Å². The number of benzene rings is 1. The molecule has 1 amide bonds. The van der Waals surface area contributed by atoms with E-state index in [1.54, 1.807) is 24.3 Å². The van der Waals surface area contributed by atoms with Crippen LogP contribution < -0.4 is 5.32 Å². The Labute approximate surface area is 141 Å². The first-order chi connectivity index (χ1) is 10.7. The molecule has 0 saturated heterocycles. The van der Waals surface area contributed by atoms with Crippen LogP contribution in [0.4, 0.5) is 0 Å². The molecular formula is C17H21NO3S2. The number of thiophene rings is 1. The van der Waals surface area contributed by atoms with E-state index in [1.165, 1.54) is 28.0 Å². The van der Waals surface area contributed by atoms with E-state index in [9.17, 15) is 13.2 Å². The van der Waals surface area contributed by atoms with E-state index in [0.29, 0.717) is 4.88 Å². The Balaban J connectivity index is 2.11. The first kappa shape index (κ1) is 17.7. The average Bonchev–Trinajstić information content (AvgIpc) is 2.87. The largest absolute Gasteiger partial charge is 0.345 e. The zero-order valence-corrected chi connectivity index (χ0v) is 15.3. The Morgan fingerprint density at radius 1 is 1.26 bits per heavy atom. The highest BCUT2D eigenvalue weighted by Gasteiger charge is 2.15. The van der Waals surface area contributed by atoms with Crippen LogP contribution in [0.1, 0.15) is 45.6 Å². The molecule has 23 heavy (non-hydrogen) atoms. The smallest absolute Gasteiger partial charge is 0.261 e. The normalized spacial score (nSPS) is 12.9. The molecule has 1 atom stereocenters. The minimum Gasteiger partial charge on any atom is -0.345 e. The van der Waals surface area contributed by atoms with Gasteiger partial charge in [-0.3, -0.25) is 4.79 Å². The van der Waals surface area contributed by atoms with Crippen LogP contribution in [0.25, 0.3) is 0 Å². The zero-order chi connectivity index (χ0) is 17.2. The van der Waals surface area contributed by atoms with Crippen molar-refractivity contribution in [1.29, 1.82) is 0 Å². The third-order valence-corrected chi connectivity index (χ3v) is 6.00. The summed E-state index contributed by atoms with van der Waals surface area (Å²) in [4.78, 5) is 14.5. The van der Waals surface area contributed by atoms with Crippen LogP contribution in [0.5, 0.6) is 0 Å². The van der Waals surface area contributed by atoms with Gasteiger partial charge in [-0.05, 0) is 49.6 Å². The van der Waals surface area contributed by atoms with Gasteiger partial charge in [0.1, 0.15) is 0 Å². The van der Waals surface area contributed by atoms with Crippen molar-refractivity contribution in [2.24, 2.45) is 0 Å². The Bertz CT molecular complexity index is 805. The third-order valence-electron chi connectivity index (χ3n) is 3.78. The summed E-state index contributed by atoms with van der Waals surface area (Å²) in [6, 6.07) is 8.35. The molecule has 0 unspecified atom stereocenters. The molecule has 0 saturated carbocycles. The Morgan fingerprint density at radius 3 is 2.35 bits per heavy atom. The fraction of sp³-hybridized carbons (Fsp3) is 0.353. The van der Waals surface area contributed by atoms with Gasteiger partial charge in [-0.25, -0.2) is 8.42 Å². The molecule has 0 aliphatic heterocycles. The number of rotatable bonds is 5. The van der Waals surface area contributed by atoms with E-state index in [2.05, 4.69) is 12.2 Å². The summed E-state index contributed by atoms with van der Waals surface area (Å²) in [6.07, 6.45) is 2.09. The van der Waals surface area contributed by atoms with E-state index in [1.807, 2.05) is 19.9 Å². The van der Waals surface area contributed by atoms with E-state index in [-0.39, 0.29) is 16.8 Å². The topological polar surface area (TPSA) is 63.2 Å². The first-order valence-electron chi connectivity index (χ1n) is 7.42. The van der Waals surface area contributed by atoms with Gasteiger partial charge in [-0.15, -0.1) is 11.3 Å². The van der Waals surface area contributed by atoms with Crippen LogP contribution in [-0.2, 0) is 16.3 Å². The molecule has 0 aliphatic carbocycles. The second-order valence-electron chi connectivity index (χ2n) is 5.58. The monoisotopic (exact) mass is 351 g/mol. The van der Waals surface area contributed by atoms with Crippen LogP contribution in [0.2, 0.25) is 0 Å². The number of amides is 1. The summed E-state index contributed by atoms with van der Waals surface area (Å²) in [5, 5.41) is 2.96. The van der Waals surface area contributed by atoms with Gasteiger partial charge >= 0.3 is 0 Å². The van der Waals surface area contributed by atoms with Gasteiger partial charge in [-0.1, -0.05) is 19.1 Å². The predicted molar refractivity (Wildman–Crippen MR) is 93.9 cm³/mol. The van der Waals surface area contributed by atoms with Crippen LogP contribution in [0.15, 0.2) is 35.2 Å². The fourth-order valence-electron chi connectivity index (χ4n) is 2.34. The third kappa shape index (κ3) is 4.20.